The molecule has 0 saturated heterocycles. The number of H-pyrrole nitrogens is 1. The zero-order chi connectivity index (χ0) is 23.9. The van der Waals surface area contributed by atoms with E-state index in [0.717, 1.165) is 5.01 Å². The summed E-state index contributed by atoms with van der Waals surface area (Å²) >= 11 is 0. The number of carbonyl (C=O) groups is 3. The number of hydrogen-bond donors (Lipinski definition) is 3. The first-order chi connectivity index (χ1) is 15.7. The van der Waals surface area contributed by atoms with Crippen molar-refractivity contribution in [1.82, 2.24) is 9.78 Å². The van der Waals surface area contributed by atoms with Crippen molar-refractivity contribution in [3.8, 4) is 5.69 Å². The van der Waals surface area contributed by atoms with Crippen molar-refractivity contribution in [3.05, 3.63) is 86.8 Å². The summed E-state index contributed by atoms with van der Waals surface area (Å²) in [5, 5.41) is 26.4. The molecule has 166 valence electrons. The number of aromatic amines is 1. The SMILES string of the molecule is CC1=NN(c2ccc(C(=O)O)cc2)C(=O)/C1=C\c1c(C)[nH]n(-c2ccc(C(=O)O)cc2)c1=O. The van der Waals surface area contributed by atoms with E-state index in [2.05, 4.69) is 10.2 Å². The quantitative estimate of drug-likeness (QED) is 0.514. The van der Waals surface area contributed by atoms with Gasteiger partial charge in [-0.2, -0.15) is 10.1 Å². The number of carbonyl (C=O) groups excluding carboxylic acids is 1. The molecule has 0 saturated carbocycles. The van der Waals surface area contributed by atoms with Crippen LogP contribution in [0.2, 0.25) is 0 Å². The van der Waals surface area contributed by atoms with Gasteiger partial charge in [-0.1, -0.05) is 0 Å². The largest absolute Gasteiger partial charge is 0.478 e. The number of anilines is 1. The highest BCUT2D eigenvalue weighted by Gasteiger charge is 2.29. The van der Waals surface area contributed by atoms with Gasteiger partial charge in [0.15, 0.2) is 0 Å². The molecule has 2 aromatic carbocycles. The Bertz CT molecular complexity index is 1410. The highest BCUT2D eigenvalue weighted by Crippen LogP contribution is 2.25. The summed E-state index contributed by atoms with van der Waals surface area (Å²) in [5.74, 6) is -2.60. The molecule has 0 radical (unpaired) electrons. The molecular formula is C23H18N4O6. The van der Waals surface area contributed by atoms with E-state index in [0.29, 0.717) is 22.8 Å². The summed E-state index contributed by atoms with van der Waals surface area (Å²) in [6.45, 7) is 3.32. The maximum absolute atomic E-state index is 13.0. The van der Waals surface area contributed by atoms with Crippen molar-refractivity contribution in [2.24, 2.45) is 5.10 Å². The molecule has 3 N–H and O–H groups in total. The van der Waals surface area contributed by atoms with Gasteiger partial charge in [0.1, 0.15) is 0 Å². The first-order valence-electron chi connectivity index (χ1n) is 9.78. The van der Waals surface area contributed by atoms with Crippen LogP contribution in [0.1, 0.15) is 38.9 Å². The van der Waals surface area contributed by atoms with Crippen molar-refractivity contribution < 1.29 is 24.6 Å². The number of aromatic carboxylic acids is 2. The minimum Gasteiger partial charge on any atom is -0.478 e. The number of aryl methyl sites for hydroxylation is 1. The van der Waals surface area contributed by atoms with E-state index in [9.17, 15) is 19.2 Å². The van der Waals surface area contributed by atoms with E-state index in [4.69, 9.17) is 10.2 Å². The smallest absolute Gasteiger partial charge is 0.335 e. The van der Waals surface area contributed by atoms with Gasteiger partial charge in [0.25, 0.3) is 11.5 Å². The third kappa shape index (κ3) is 3.85. The number of hydrogen-bond acceptors (Lipinski definition) is 5. The van der Waals surface area contributed by atoms with Gasteiger partial charge in [0.05, 0.1) is 39.3 Å². The topological polar surface area (TPSA) is 145 Å². The molecule has 33 heavy (non-hydrogen) atoms. The molecule has 0 unspecified atom stereocenters. The average molecular weight is 446 g/mol. The zero-order valence-corrected chi connectivity index (χ0v) is 17.6. The normalized spacial score (nSPS) is 14.6. The molecule has 1 aliphatic heterocycles. The lowest BCUT2D eigenvalue weighted by Crippen LogP contribution is -2.22. The molecule has 0 aliphatic carbocycles. The molecule has 1 aliphatic rings. The second-order valence-corrected chi connectivity index (χ2v) is 7.36. The fourth-order valence-electron chi connectivity index (χ4n) is 3.41. The lowest BCUT2D eigenvalue weighted by molar-refractivity contribution is -0.114. The van der Waals surface area contributed by atoms with Crippen LogP contribution in [0.3, 0.4) is 0 Å². The van der Waals surface area contributed by atoms with Gasteiger partial charge < -0.3 is 10.2 Å². The number of hydrazone groups is 1. The molecule has 1 aromatic heterocycles. The van der Waals surface area contributed by atoms with Crippen LogP contribution in [0, 0.1) is 6.92 Å². The molecule has 0 fully saturated rings. The Morgan fingerprint density at radius 2 is 1.39 bits per heavy atom. The summed E-state index contributed by atoms with van der Waals surface area (Å²) in [5.41, 5.74) is 2.02. The Hall–Kier alpha value is -4.73. The molecule has 2 heterocycles. The van der Waals surface area contributed by atoms with Gasteiger partial charge in [-0.25, -0.2) is 14.3 Å². The van der Waals surface area contributed by atoms with Crippen LogP contribution >= 0.6 is 0 Å². The average Bonchev–Trinajstić information content (AvgIpc) is 3.24. The summed E-state index contributed by atoms with van der Waals surface area (Å²) in [6.07, 6.45) is 1.46. The molecule has 0 atom stereocenters. The van der Waals surface area contributed by atoms with E-state index < -0.39 is 23.4 Å². The van der Waals surface area contributed by atoms with Crippen molar-refractivity contribution >= 4 is 35.3 Å². The first-order valence-corrected chi connectivity index (χ1v) is 9.78. The predicted molar refractivity (Wildman–Crippen MR) is 120 cm³/mol. The fraction of sp³-hybridized carbons (Fsp3) is 0.0870. The number of carboxylic acid groups (broad SMARTS) is 2. The number of nitrogens with one attached hydrogen (secondary N) is 1. The number of carboxylic acids is 2. The monoisotopic (exact) mass is 446 g/mol. The summed E-state index contributed by atoms with van der Waals surface area (Å²) in [7, 11) is 0. The maximum atomic E-state index is 13.0. The van der Waals surface area contributed by atoms with Gasteiger partial charge in [-0.15, -0.1) is 0 Å². The molecule has 0 spiro atoms. The minimum absolute atomic E-state index is 0.0850. The lowest BCUT2D eigenvalue weighted by Gasteiger charge is -2.11. The number of amides is 1. The Kier molecular flexibility index (Phi) is 5.26. The van der Waals surface area contributed by atoms with Crippen LogP contribution in [-0.4, -0.2) is 43.6 Å². The van der Waals surface area contributed by atoms with Crippen molar-refractivity contribution in [2.75, 3.05) is 5.01 Å². The molecule has 3 aromatic rings. The van der Waals surface area contributed by atoms with Crippen molar-refractivity contribution in [1.29, 1.82) is 0 Å². The second-order valence-electron chi connectivity index (χ2n) is 7.36. The molecule has 1 amide bonds. The van der Waals surface area contributed by atoms with Crippen LogP contribution in [0.5, 0.6) is 0 Å². The summed E-state index contributed by atoms with van der Waals surface area (Å²) in [6, 6.07) is 11.5. The maximum Gasteiger partial charge on any atom is 0.335 e. The fourth-order valence-corrected chi connectivity index (χ4v) is 3.41. The Balaban J connectivity index is 1.67. The highest BCUT2D eigenvalue weighted by molar-refractivity contribution is 6.32. The van der Waals surface area contributed by atoms with Crippen LogP contribution in [-0.2, 0) is 4.79 Å². The van der Waals surface area contributed by atoms with Crippen LogP contribution in [0.15, 0.2) is 64.0 Å². The van der Waals surface area contributed by atoms with Gasteiger partial charge in [-0.05, 0) is 68.5 Å². The van der Waals surface area contributed by atoms with Crippen molar-refractivity contribution in [2.45, 2.75) is 13.8 Å². The van der Waals surface area contributed by atoms with E-state index >= 15 is 0 Å². The molecule has 0 bridgehead atoms. The predicted octanol–water partition coefficient (Wildman–Crippen LogP) is 2.68. The molecular weight excluding hydrogens is 428 g/mol. The molecule has 4 rings (SSSR count). The van der Waals surface area contributed by atoms with Crippen LogP contribution in [0.25, 0.3) is 11.8 Å². The Labute approximate surface area is 186 Å². The van der Waals surface area contributed by atoms with Crippen LogP contribution < -0.4 is 10.6 Å². The van der Waals surface area contributed by atoms with Gasteiger partial charge in [0, 0.05) is 5.69 Å². The summed E-state index contributed by atoms with van der Waals surface area (Å²) < 4.78 is 1.27. The van der Waals surface area contributed by atoms with E-state index in [1.54, 1.807) is 13.8 Å². The number of rotatable bonds is 5. The lowest BCUT2D eigenvalue weighted by atomic mass is 10.1. The molecule has 10 heteroatoms. The number of aromatic nitrogens is 2. The zero-order valence-electron chi connectivity index (χ0n) is 17.6. The van der Waals surface area contributed by atoms with Gasteiger partial charge in [0.2, 0.25) is 0 Å². The molecule has 10 nitrogen and oxygen atoms in total. The van der Waals surface area contributed by atoms with E-state index in [1.807, 2.05) is 0 Å². The van der Waals surface area contributed by atoms with Crippen LogP contribution in [0.4, 0.5) is 5.69 Å². The van der Waals surface area contributed by atoms with Gasteiger partial charge in [-0.3, -0.25) is 14.7 Å². The second kappa shape index (κ2) is 8.08. The van der Waals surface area contributed by atoms with Crippen molar-refractivity contribution in [3.63, 3.8) is 0 Å². The third-order valence-electron chi connectivity index (χ3n) is 5.20. The first kappa shape index (κ1) is 21.5. The summed E-state index contributed by atoms with van der Waals surface area (Å²) in [4.78, 5) is 48.1. The number of benzene rings is 2. The minimum atomic E-state index is -1.08. The van der Waals surface area contributed by atoms with Gasteiger partial charge >= 0.3 is 11.9 Å². The number of nitrogens with zero attached hydrogens (tertiary/aromatic N) is 3. The van der Waals surface area contributed by atoms with E-state index in [-0.39, 0.29) is 22.3 Å². The Morgan fingerprint density at radius 3 is 1.91 bits per heavy atom. The third-order valence-corrected chi connectivity index (χ3v) is 5.20. The standard InChI is InChI=1S/C23H18N4O6/c1-12-18(20(28)26(24-12)16-7-3-14(4-8-16)22(30)31)11-19-13(2)25-27(21(19)29)17-9-5-15(6-10-17)23(32)33/h3-11,24H,1-2H3,(H,30,31)(H,32,33)/b19-11-. The Morgan fingerprint density at radius 1 is 0.879 bits per heavy atom. The highest BCUT2D eigenvalue weighted by atomic mass is 16.4. The van der Waals surface area contributed by atoms with E-state index in [1.165, 1.54) is 59.3 Å².